The molecule has 1 aromatic heterocycles. The molecule has 1 aromatic carbocycles. The third-order valence-corrected chi connectivity index (χ3v) is 4.85. The lowest BCUT2D eigenvalue weighted by molar-refractivity contribution is 0.0616. The normalized spacial score (nSPS) is 18.4. The van der Waals surface area contributed by atoms with Crippen molar-refractivity contribution in [2.24, 2.45) is 0 Å². The van der Waals surface area contributed by atoms with E-state index in [1.807, 2.05) is 13.8 Å². The van der Waals surface area contributed by atoms with Crippen LogP contribution in [-0.2, 0) is 0 Å². The molecule has 1 unspecified atom stereocenters. The van der Waals surface area contributed by atoms with Crippen LogP contribution in [0.4, 0.5) is 4.39 Å². The molecule has 1 amide bonds. The largest absolute Gasteiger partial charge is 0.487 e. The van der Waals surface area contributed by atoms with Gasteiger partial charge in [-0.2, -0.15) is 0 Å². The molecule has 0 radical (unpaired) electrons. The van der Waals surface area contributed by atoms with Crippen LogP contribution in [0.25, 0.3) is 0 Å². The molecule has 2 N–H and O–H groups in total. The number of hydrogen-bond acceptors (Lipinski definition) is 4. The Morgan fingerprint density at radius 1 is 1.29 bits per heavy atom. The Hall–Kier alpha value is -2.41. The topological polar surface area (TPSA) is 75.6 Å². The summed E-state index contributed by atoms with van der Waals surface area (Å²) in [5, 5.41) is 11.8. The molecule has 0 bridgehead atoms. The van der Waals surface area contributed by atoms with Crippen LogP contribution >= 0.6 is 11.3 Å². The molecule has 5 nitrogen and oxygen atoms in total. The zero-order valence-corrected chi connectivity index (χ0v) is 13.9. The van der Waals surface area contributed by atoms with Gasteiger partial charge in [0.15, 0.2) is 0 Å². The maximum Gasteiger partial charge on any atom is 0.345 e. The Kier molecular flexibility index (Phi) is 4.04. The summed E-state index contributed by atoms with van der Waals surface area (Å²) < 4.78 is 19.2. The predicted octanol–water partition coefficient (Wildman–Crippen LogP) is 3.62. The van der Waals surface area contributed by atoms with Crippen molar-refractivity contribution in [2.45, 2.75) is 31.9 Å². The van der Waals surface area contributed by atoms with E-state index in [0.717, 1.165) is 11.3 Å². The van der Waals surface area contributed by atoms with Crippen molar-refractivity contribution in [2.75, 3.05) is 0 Å². The van der Waals surface area contributed by atoms with Gasteiger partial charge in [0.25, 0.3) is 5.91 Å². The number of rotatable bonds is 3. The van der Waals surface area contributed by atoms with Crippen molar-refractivity contribution in [1.29, 1.82) is 0 Å². The Bertz CT molecular complexity index is 815. The summed E-state index contributed by atoms with van der Waals surface area (Å²) in [6.45, 7) is 3.74. The minimum atomic E-state index is -1.06. The van der Waals surface area contributed by atoms with Gasteiger partial charge in [-0.1, -0.05) is 6.07 Å². The summed E-state index contributed by atoms with van der Waals surface area (Å²) in [6.07, 6.45) is 0.522. The van der Waals surface area contributed by atoms with E-state index < -0.39 is 17.4 Å². The number of halogens is 1. The van der Waals surface area contributed by atoms with Crippen LogP contribution in [0.15, 0.2) is 30.3 Å². The Morgan fingerprint density at radius 3 is 2.67 bits per heavy atom. The maximum atomic E-state index is 13.5. The number of amides is 1. The third-order valence-electron chi connectivity index (χ3n) is 3.78. The smallest absolute Gasteiger partial charge is 0.345 e. The number of thiophene rings is 1. The molecule has 7 heteroatoms. The number of ether oxygens (including phenoxy) is 1. The molecule has 24 heavy (non-hydrogen) atoms. The van der Waals surface area contributed by atoms with Crippen molar-refractivity contribution < 1.29 is 23.8 Å². The molecular weight excluding hydrogens is 333 g/mol. The predicted molar refractivity (Wildman–Crippen MR) is 87.2 cm³/mol. The van der Waals surface area contributed by atoms with Crippen LogP contribution in [-0.4, -0.2) is 22.6 Å². The summed E-state index contributed by atoms with van der Waals surface area (Å²) >= 11 is 0.918. The molecular formula is C17H16FNO4S. The number of fused-ring (bicyclic) bond motifs is 1. The minimum absolute atomic E-state index is 0.106. The summed E-state index contributed by atoms with van der Waals surface area (Å²) in [6, 6.07) is 6.78. The molecule has 0 fully saturated rings. The maximum absolute atomic E-state index is 13.5. The molecule has 1 atom stereocenters. The molecule has 2 aromatic rings. The first-order valence-corrected chi connectivity index (χ1v) is 8.19. The third kappa shape index (κ3) is 3.26. The Morgan fingerprint density at radius 2 is 2.00 bits per heavy atom. The second-order valence-electron chi connectivity index (χ2n) is 6.24. The fraction of sp³-hybridized carbons (Fsp3) is 0.294. The number of carboxylic acids is 1. The molecule has 0 saturated carbocycles. The van der Waals surface area contributed by atoms with E-state index in [2.05, 4.69) is 5.32 Å². The SMILES string of the molecule is CC1(C)CC(NC(=O)c2ccc(C(=O)O)s2)c2ccc(F)cc2O1. The van der Waals surface area contributed by atoms with Gasteiger partial charge in [0.05, 0.1) is 10.9 Å². The lowest BCUT2D eigenvalue weighted by Crippen LogP contribution is -2.41. The van der Waals surface area contributed by atoms with E-state index >= 15 is 0 Å². The highest BCUT2D eigenvalue weighted by Gasteiger charge is 2.35. The van der Waals surface area contributed by atoms with Crippen molar-refractivity contribution >= 4 is 23.2 Å². The average Bonchev–Trinajstić information content (AvgIpc) is 2.95. The summed E-state index contributed by atoms with van der Waals surface area (Å²) in [4.78, 5) is 23.8. The Labute approximate surface area is 142 Å². The van der Waals surface area contributed by atoms with E-state index in [9.17, 15) is 14.0 Å². The molecule has 0 saturated heterocycles. The quantitative estimate of drug-likeness (QED) is 0.887. The number of benzene rings is 1. The monoisotopic (exact) mass is 349 g/mol. The van der Waals surface area contributed by atoms with Gasteiger partial charge in [0.1, 0.15) is 22.0 Å². The summed E-state index contributed by atoms with van der Waals surface area (Å²) in [7, 11) is 0. The van der Waals surface area contributed by atoms with Crippen molar-refractivity contribution in [3.63, 3.8) is 0 Å². The van der Waals surface area contributed by atoms with Crippen LogP contribution in [0.5, 0.6) is 5.75 Å². The zero-order chi connectivity index (χ0) is 17.5. The van der Waals surface area contributed by atoms with Crippen molar-refractivity contribution in [1.82, 2.24) is 5.32 Å². The minimum Gasteiger partial charge on any atom is -0.487 e. The first kappa shape index (κ1) is 16.4. The fourth-order valence-electron chi connectivity index (χ4n) is 2.76. The second-order valence-corrected chi connectivity index (χ2v) is 7.33. The van der Waals surface area contributed by atoms with E-state index in [1.54, 1.807) is 6.07 Å². The van der Waals surface area contributed by atoms with Gasteiger partial charge in [-0.15, -0.1) is 11.3 Å². The van der Waals surface area contributed by atoms with Gasteiger partial charge >= 0.3 is 5.97 Å². The van der Waals surface area contributed by atoms with Crippen molar-refractivity contribution in [3.05, 3.63) is 51.5 Å². The second kappa shape index (κ2) is 5.90. The zero-order valence-electron chi connectivity index (χ0n) is 13.1. The number of hydrogen-bond donors (Lipinski definition) is 2. The molecule has 0 spiro atoms. The van der Waals surface area contributed by atoms with Gasteiger partial charge in [-0.3, -0.25) is 4.79 Å². The van der Waals surface area contributed by atoms with Crippen LogP contribution in [0.3, 0.4) is 0 Å². The van der Waals surface area contributed by atoms with E-state index in [4.69, 9.17) is 9.84 Å². The highest BCUT2D eigenvalue weighted by atomic mass is 32.1. The molecule has 1 aliphatic rings. The lowest BCUT2D eigenvalue weighted by atomic mass is 9.89. The summed E-state index contributed by atoms with van der Waals surface area (Å²) in [5.41, 5.74) is 0.152. The molecule has 126 valence electrons. The summed E-state index contributed by atoms with van der Waals surface area (Å²) in [5.74, 6) is -1.41. The van der Waals surface area contributed by atoms with E-state index in [1.165, 1.54) is 24.3 Å². The van der Waals surface area contributed by atoms with Gasteiger partial charge in [0.2, 0.25) is 0 Å². The number of carboxylic acid groups (broad SMARTS) is 1. The highest BCUT2D eigenvalue weighted by molar-refractivity contribution is 7.15. The Balaban J connectivity index is 1.86. The number of carbonyl (C=O) groups excluding carboxylic acids is 1. The van der Waals surface area contributed by atoms with Gasteiger partial charge < -0.3 is 15.2 Å². The lowest BCUT2D eigenvalue weighted by Gasteiger charge is -2.37. The van der Waals surface area contributed by atoms with E-state index in [-0.39, 0.29) is 16.8 Å². The van der Waals surface area contributed by atoms with Crippen LogP contribution in [0, 0.1) is 5.82 Å². The first-order chi connectivity index (χ1) is 11.2. The highest BCUT2D eigenvalue weighted by Crippen LogP contribution is 2.40. The molecule has 1 aliphatic heterocycles. The standard InChI is InChI=1S/C17H16FNO4S/c1-17(2)8-11(10-4-3-9(18)7-12(10)23-17)19-15(20)13-5-6-14(24-13)16(21)22/h3-7,11H,8H2,1-2H3,(H,19,20)(H,21,22). The van der Waals surface area contributed by atoms with Crippen LogP contribution < -0.4 is 10.1 Å². The average molecular weight is 349 g/mol. The number of nitrogens with one attached hydrogen (secondary N) is 1. The van der Waals surface area contributed by atoms with Crippen LogP contribution in [0.1, 0.15) is 51.2 Å². The van der Waals surface area contributed by atoms with Gasteiger partial charge in [-0.25, -0.2) is 9.18 Å². The number of aromatic carboxylic acids is 1. The number of carbonyl (C=O) groups is 2. The fourth-order valence-corrected chi connectivity index (χ4v) is 3.51. The molecule has 3 rings (SSSR count). The van der Waals surface area contributed by atoms with Crippen molar-refractivity contribution in [3.8, 4) is 5.75 Å². The van der Waals surface area contributed by atoms with Gasteiger partial charge in [0, 0.05) is 18.1 Å². The van der Waals surface area contributed by atoms with E-state index in [0.29, 0.717) is 22.6 Å². The molecule has 0 aliphatic carbocycles. The first-order valence-electron chi connectivity index (χ1n) is 7.38. The van der Waals surface area contributed by atoms with Crippen LogP contribution in [0.2, 0.25) is 0 Å². The molecule has 2 heterocycles. The van der Waals surface area contributed by atoms with Gasteiger partial charge in [-0.05, 0) is 32.0 Å².